The van der Waals surface area contributed by atoms with Gasteiger partial charge in [-0.05, 0) is 62.9 Å². The van der Waals surface area contributed by atoms with E-state index in [4.69, 9.17) is 9.97 Å². The van der Waals surface area contributed by atoms with Crippen LogP contribution in [0.15, 0.2) is 30.5 Å². The van der Waals surface area contributed by atoms with E-state index in [1.54, 1.807) is 17.5 Å². The Hall–Kier alpha value is -2.35. The molecule has 0 atom stereocenters. The third kappa shape index (κ3) is 6.34. The second kappa shape index (κ2) is 11.0. The number of aryl methyl sites for hydroxylation is 3. The van der Waals surface area contributed by atoms with Crippen molar-refractivity contribution in [2.45, 2.75) is 65.5 Å². The molecule has 1 aliphatic carbocycles. The topological polar surface area (TPSA) is 74.8 Å². The molecule has 6 nitrogen and oxygen atoms in total. The van der Waals surface area contributed by atoms with Crippen LogP contribution in [0.5, 0.6) is 0 Å². The average Bonchev–Trinajstić information content (AvgIpc) is 3.14. The van der Waals surface area contributed by atoms with Gasteiger partial charge in [0.2, 0.25) is 5.95 Å². The fourth-order valence-corrected chi connectivity index (χ4v) is 5.29. The summed E-state index contributed by atoms with van der Waals surface area (Å²) in [5.74, 6) is 0.591. The minimum absolute atomic E-state index is 0.591. The number of rotatable bonds is 9. The number of nitrogens with one attached hydrogen (secondary N) is 3. The molecule has 2 heterocycles. The van der Waals surface area contributed by atoms with Crippen LogP contribution < -0.4 is 16.0 Å². The van der Waals surface area contributed by atoms with Crippen molar-refractivity contribution in [3.05, 3.63) is 52.2 Å². The molecule has 0 radical (unpaired) electrons. The second-order valence-corrected chi connectivity index (χ2v) is 9.84. The largest absolute Gasteiger partial charge is 0.324 e. The number of thiazole rings is 1. The maximum Gasteiger partial charge on any atom is 0.227 e. The Balaban J connectivity index is 1.33. The number of nitrogens with zero attached hydrogens (tertiary/aromatic N) is 3. The quantitative estimate of drug-likeness (QED) is 0.385. The molecule has 0 bridgehead atoms. The molecule has 0 aliphatic heterocycles. The number of hydrogen-bond donors (Lipinski definition) is 3. The molecule has 2 aromatic heterocycles. The van der Waals surface area contributed by atoms with E-state index in [2.05, 4.69) is 59.9 Å². The summed E-state index contributed by atoms with van der Waals surface area (Å²) >= 11 is 1.71. The Labute approximate surface area is 195 Å². The standard InChI is InChI=1S/C25H34N6S/c1-17-13-18(2)15-21(14-17)30-25-28-10-9-22(31-25)24-29-19(3)23(32-24)16-26-11-12-27-20-7-5-4-6-8-20/h9-10,13-15,20,26-27H,4-8,11-12,16H2,1-3H3,(H,28,30,31). The lowest BCUT2D eigenvalue weighted by atomic mass is 9.95. The number of anilines is 2. The van der Waals surface area contributed by atoms with E-state index < -0.39 is 0 Å². The van der Waals surface area contributed by atoms with E-state index >= 15 is 0 Å². The van der Waals surface area contributed by atoms with Crippen LogP contribution >= 0.6 is 11.3 Å². The highest BCUT2D eigenvalue weighted by Gasteiger charge is 2.13. The van der Waals surface area contributed by atoms with Gasteiger partial charge >= 0.3 is 0 Å². The van der Waals surface area contributed by atoms with Gasteiger partial charge in [0.15, 0.2) is 0 Å². The zero-order valence-corrected chi connectivity index (χ0v) is 20.2. The monoisotopic (exact) mass is 450 g/mol. The third-order valence-corrected chi connectivity index (χ3v) is 7.05. The van der Waals surface area contributed by atoms with Gasteiger partial charge in [0.25, 0.3) is 0 Å². The maximum atomic E-state index is 4.77. The first-order chi connectivity index (χ1) is 15.6. The van der Waals surface area contributed by atoms with Crippen molar-refractivity contribution in [1.29, 1.82) is 0 Å². The second-order valence-electron chi connectivity index (χ2n) is 8.76. The lowest BCUT2D eigenvalue weighted by molar-refractivity contribution is 0.372. The lowest BCUT2D eigenvalue weighted by Crippen LogP contribution is -2.36. The number of aromatic nitrogens is 3. The van der Waals surface area contributed by atoms with Gasteiger partial charge in [-0.1, -0.05) is 25.3 Å². The van der Waals surface area contributed by atoms with Gasteiger partial charge < -0.3 is 16.0 Å². The van der Waals surface area contributed by atoms with Crippen LogP contribution in [-0.2, 0) is 6.54 Å². The molecule has 7 heteroatoms. The zero-order valence-electron chi connectivity index (χ0n) is 19.4. The van der Waals surface area contributed by atoms with Gasteiger partial charge in [-0.25, -0.2) is 15.0 Å². The first-order valence-corrected chi connectivity index (χ1v) is 12.5. The summed E-state index contributed by atoms with van der Waals surface area (Å²) in [5.41, 5.74) is 5.35. The smallest absolute Gasteiger partial charge is 0.227 e. The van der Waals surface area contributed by atoms with E-state index in [0.29, 0.717) is 12.0 Å². The summed E-state index contributed by atoms with van der Waals surface area (Å²) in [6, 6.07) is 9.00. The maximum absolute atomic E-state index is 4.77. The minimum Gasteiger partial charge on any atom is -0.324 e. The molecule has 1 saturated carbocycles. The van der Waals surface area contributed by atoms with Gasteiger partial charge in [-0.15, -0.1) is 11.3 Å². The zero-order chi connectivity index (χ0) is 22.3. The first kappa shape index (κ1) is 22.8. The summed E-state index contributed by atoms with van der Waals surface area (Å²) in [4.78, 5) is 15.1. The molecule has 1 aromatic carbocycles. The van der Waals surface area contributed by atoms with Crippen molar-refractivity contribution in [3.8, 4) is 10.7 Å². The van der Waals surface area contributed by atoms with Crippen LogP contribution in [0.3, 0.4) is 0 Å². The van der Waals surface area contributed by atoms with Crippen molar-refractivity contribution in [2.24, 2.45) is 0 Å². The molecule has 3 aromatic rings. The van der Waals surface area contributed by atoms with Gasteiger partial charge in [-0.2, -0.15) is 0 Å². The summed E-state index contributed by atoms with van der Waals surface area (Å²) in [7, 11) is 0. The summed E-state index contributed by atoms with van der Waals surface area (Å²) in [5, 5.41) is 11.5. The molecule has 1 aliphatic rings. The number of benzene rings is 1. The molecular weight excluding hydrogens is 416 g/mol. The third-order valence-electron chi connectivity index (χ3n) is 5.87. The van der Waals surface area contributed by atoms with Crippen molar-refractivity contribution in [2.75, 3.05) is 18.4 Å². The highest BCUT2D eigenvalue weighted by Crippen LogP contribution is 2.27. The Morgan fingerprint density at radius 3 is 2.53 bits per heavy atom. The Kier molecular flexibility index (Phi) is 7.84. The Morgan fingerprint density at radius 2 is 1.75 bits per heavy atom. The molecule has 0 unspecified atom stereocenters. The SMILES string of the molecule is Cc1cc(C)cc(Nc2nccc(-c3nc(C)c(CNCCNC4CCCCC4)s3)n2)c1. The average molecular weight is 451 g/mol. The minimum atomic E-state index is 0.591. The van der Waals surface area contributed by atoms with Gasteiger partial charge in [-0.3, -0.25) is 0 Å². The Morgan fingerprint density at radius 1 is 0.969 bits per heavy atom. The van der Waals surface area contributed by atoms with Crippen molar-refractivity contribution < 1.29 is 0 Å². The van der Waals surface area contributed by atoms with Crippen LogP contribution in [0.4, 0.5) is 11.6 Å². The fourth-order valence-electron chi connectivity index (χ4n) is 4.29. The van der Waals surface area contributed by atoms with Gasteiger partial charge in [0.1, 0.15) is 10.7 Å². The predicted molar refractivity (Wildman–Crippen MR) is 134 cm³/mol. The van der Waals surface area contributed by atoms with E-state index in [1.165, 1.54) is 48.1 Å². The van der Waals surface area contributed by atoms with Gasteiger partial charge in [0, 0.05) is 42.4 Å². The Bertz CT molecular complexity index is 1000. The molecule has 0 saturated heterocycles. The highest BCUT2D eigenvalue weighted by atomic mass is 32.1. The van der Waals surface area contributed by atoms with Crippen LogP contribution in [0.25, 0.3) is 10.7 Å². The molecule has 0 spiro atoms. The highest BCUT2D eigenvalue weighted by molar-refractivity contribution is 7.15. The normalized spacial score (nSPS) is 14.6. The van der Waals surface area contributed by atoms with Crippen molar-refractivity contribution in [1.82, 2.24) is 25.6 Å². The summed E-state index contributed by atoms with van der Waals surface area (Å²) in [6.45, 7) is 9.10. The first-order valence-electron chi connectivity index (χ1n) is 11.7. The van der Waals surface area contributed by atoms with E-state index in [9.17, 15) is 0 Å². The molecule has 32 heavy (non-hydrogen) atoms. The van der Waals surface area contributed by atoms with Crippen LogP contribution in [0, 0.1) is 20.8 Å². The molecule has 0 amide bonds. The van der Waals surface area contributed by atoms with Crippen LogP contribution in [0.1, 0.15) is 53.8 Å². The molecule has 170 valence electrons. The van der Waals surface area contributed by atoms with Gasteiger partial charge in [0.05, 0.1) is 5.69 Å². The number of hydrogen-bond acceptors (Lipinski definition) is 7. The van der Waals surface area contributed by atoms with E-state index in [-0.39, 0.29) is 0 Å². The van der Waals surface area contributed by atoms with Crippen molar-refractivity contribution in [3.63, 3.8) is 0 Å². The summed E-state index contributed by atoms with van der Waals surface area (Å²) in [6.07, 6.45) is 8.60. The summed E-state index contributed by atoms with van der Waals surface area (Å²) < 4.78 is 0. The molecule has 3 N–H and O–H groups in total. The van der Waals surface area contributed by atoms with Crippen LogP contribution in [-0.4, -0.2) is 34.1 Å². The predicted octanol–water partition coefficient (Wildman–Crippen LogP) is 5.28. The molecular formula is C25H34N6S. The fraction of sp³-hybridized carbons (Fsp3) is 0.480. The van der Waals surface area contributed by atoms with Crippen molar-refractivity contribution >= 4 is 23.0 Å². The molecule has 4 rings (SSSR count). The molecule has 1 fully saturated rings. The van der Waals surface area contributed by atoms with E-state index in [0.717, 1.165) is 41.7 Å². The van der Waals surface area contributed by atoms with E-state index in [1.807, 2.05) is 6.07 Å². The lowest BCUT2D eigenvalue weighted by Gasteiger charge is -2.22. The van der Waals surface area contributed by atoms with Crippen LogP contribution in [0.2, 0.25) is 0 Å².